The van der Waals surface area contributed by atoms with Crippen LogP contribution in [0.2, 0.25) is 0 Å². The number of aromatic hydroxyl groups is 1. The quantitative estimate of drug-likeness (QED) is 0.222. The summed E-state index contributed by atoms with van der Waals surface area (Å²) in [6.45, 7) is 2.24. The van der Waals surface area contributed by atoms with Gasteiger partial charge >= 0.3 is 0 Å². The number of oxime groups is 1. The predicted octanol–water partition coefficient (Wildman–Crippen LogP) is 6.11. The van der Waals surface area contributed by atoms with E-state index in [-0.39, 0.29) is 5.75 Å². The second kappa shape index (κ2) is 11.3. The molecule has 2 rings (SSSR count). The standard InChI is InChI=1S/C23H31NO2/c1-2-3-4-5-6-7-9-14-20-15-16-23(25)21(17-20)22(24-26)18-19-12-10-8-11-13-19/h8,10-13,15-17,25-26H,2-7,9,14,18H2,1H3. The Bertz CT molecular complexity index is 680. The number of nitrogens with zero attached hydrogens (tertiary/aromatic N) is 1. The zero-order valence-electron chi connectivity index (χ0n) is 15.8. The fraction of sp³-hybridized carbons (Fsp3) is 0.435. The lowest BCUT2D eigenvalue weighted by Gasteiger charge is -2.10. The highest BCUT2D eigenvalue weighted by Gasteiger charge is 2.12. The lowest BCUT2D eigenvalue weighted by Crippen LogP contribution is -2.06. The first-order chi connectivity index (χ1) is 12.7. The maximum Gasteiger partial charge on any atom is 0.124 e. The van der Waals surface area contributed by atoms with Crippen molar-refractivity contribution in [3.8, 4) is 5.75 Å². The first kappa shape index (κ1) is 20.0. The molecule has 140 valence electrons. The fourth-order valence-corrected chi connectivity index (χ4v) is 3.23. The van der Waals surface area contributed by atoms with Gasteiger partial charge in [-0.15, -0.1) is 0 Å². The summed E-state index contributed by atoms with van der Waals surface area (Å²) in [6, 6.07) is 15.5. The minimum absolute atomic E-state index is 0.164. The molecule has 0 heterocycles. The largest absolute Gasteiger partial charge is 0.507 e. The number of phenols is 1. The van der Waals surface area contributed by atoms with Crippen LogP contribution >= 0.6 is 0 Å². The van der Waals surface area contributed by atoms with Gasteiger partial charge in [0.2, 0.25) is 0 Å². The number of unbranched alkanes of at least 4 members (excludes halogenated alkanes) is 6. The number of phenolic OH excluding ortho intramolecular Hbond substituents is 1. The van der Waals surface area contributed by atoms with Gasteiger partial charge in [-0.2, -0.15) is 0 Å². The van der Waals surface area contributed by atoms with Gasteiger partial charge < -0.3 is 10.3 Å². The zero-order chi connectivity index (χ0) is 18.6. The molecule has 2 N–H and O–H groups in total. The van der Waals surface area contributed by atoms with Crippen molar-refractivity contribution < 1.29 is 10.3 Å². The van der Waals surface area contributed by atoms with Gasteiger partial charge in [-0.05, 0) is 36.1 Å². The average molecular weight is 354 g/mol. The van der Waals surface area contributed by atoms with Gasteiger partial charge in [0.15, 0.2) is 0 Å². The Hall–Kier alpha value is -2.29. The molecule has 3 nitrogen and oxygen atoms in total. The predicted molar refractivity (Wildman–Crippen MR) is 108 cm³/mol. The number of rotatable bonds is 11. The molecule has 0 radical (unpaired) electrons. The van der Waals surface area contributed by atoms with E-state index in [1.54, 1.807) is 6.07 Å². The van der Waals surface area contributed by atoms with Crippen molar-refractivity contribution in [2.75, 3.05) is 0 Å². The van der Waals surface area contributed by atoms with Crippen molar-refractivity contribution in [3.63, 3.8) is 0 Å². The molecule has 2 aromatic rings. The molecule has 0 saturated carbocycles. The summed E-state index contributed by atoms with van der Waals surface area (Å²) >= 11 is 0. The Balaban J connectivity index is 1.93. The molecule has 0 bridgehead atoms. The van der Waals surface area contributed by atoms with Crippen LogP contribution in [0.3, 0.4) is 0 Å². The van der Waals surface area contributed by atoms with Gasteiger partial charge in [-0.1, -0.05) is 87.0 Å². The molecule has 0 unspecified atom stereocenters. The first-order valence-electron chi connectivity index (χ1n) is 9.81. The van der Waals surface area contributed by atoms with Gasteiger partial charge in [-0.25, -0.2) is 0 Å². The van der Waals surface area contributed by atoms with Crippen LogP contribution in [-0.4, -0.2) is 16.0 Å². The summed E-state index contributed by atoms with van der Waals surface area (Å²) < 4.78 is 0. The van der Waals surface area contributed by atoms with E-state index >= 15 is 0 Å². The zero-order valence-corrected chi connectivity index (χ0v) is 15.8. The van der Waals surface area contributed by atoms with Crippen LogP contribution in [0, 0.1) is 0 Å². The van der Waals surface area contributed by atoms with E-state index < -0.39 is 0 Å². The molecule has 0 saturated heterocycles. The molecular formula is C23H31NO2. The minimum atomic E-state index is 0.164. The van der Waals surface area contributed by atoms with Crippen molar-refractivity contribution in [1.82, 2.24) is 0 Å². The molecule has 2 aromatic carbocycles. The molecule has 26 heavy (non-hydrogen) atoms. The summed E-state index contributed by atoms with van der Waals surface area (Å²) in [5.41, 5.74) is 3.35. The fourth-order valence-electron chi connectivity index (χ4n) is 3.23. The van der Waals surface area contributed by atoms with Crippen LogP contribution in [-0.2, 0) is 12.8 Å². The lowest BCUT2D eigenvalue weighted by atomic mass is 9.97. The van der Waals surface area contributed by atoms with Crippen molar-refractivity contribution in [1.29, 1.82) is 0 Å². The van der Waals surface area contributed by atoms with E-state index in [4.69, 9.17) is 0 Å². The van der Waals surface area contributed by atoms with Gasteiger partial charge in [0, 0.05) is 12.0 Å². The smallest absolute Gasteiger partial charge is 0.124 e. The van der Waals surface area contributed by atoms with Crippen molar-refractivity contribution in [2.24, 2.45) is 5.16 Å². The summed E-state index contributed by atoms with van der Waals surface area (Å²) in [4.78, 5) is 0. The molecule has 0 aliphatic heterocycles. The second-order valence-corrected chi connectivity index (χ2v) is 6.93. The molecule has 0 fully saturated rings. The normalized spacial score (nSPS) is 11.7. The van der Waals surface area contributed by atoms with Crippen molar-refractivity contribution in [2.45, 2.75) is 64.7 Å². The maximum absolute atomic E-state index is 10.2. The second-order valence-electron chi connectivity index (χ2n) is 6.93. The molecule has 0 aliphatic rings. The number of hydrogen-bond donors (Lipinski definition) is 2. The Labute approximate surface area is 157 Å². The average Bonchev–Trinajstić information content (AvgIpc) is 2.67. The minimum Gasteiger partial charge on any atom is -0.507 e. The Kier molecular flexibility index (Phi) is 8.74. The molecule has 0 spiro atoms. The highest BCUT2D eigenvalue weighted by molar-refractivity contribution is 6.03. The summed E-state index contributed by atoms with van der Waals surface area (Å²) in [5, 5.41) is 23.1. The van der Waals surface area contributed by atoms with E-state index in [9.17, 15) is 10.3 Å². The molecule has 0 aliphatic carbocycles. The molecular weight excluding hydrogens is 322 g/mol. The Morgan fingerprint density at radius 3 is 2.23 bits per heavy atom. The number of hydrogen-bond acceptors (Lipinski definition) is 3. The van der Waals surface area contributed by atoms with Gasteiger partial charge in [-0.3, -0.25) is 0 Å². The van der Waals surface area contributed by atoms with Crippen LogP contribution in [0.25, 0.3) is 0 Å². The van der Waals surface area contributed by atoms with Crippen LogP contribution in [0.5, 0.6) is 5.75 Å². The maximum atomic E-state index is 10.2. The third-order valence-electron chi connectivity index (χ3n) is 4.78. The van der Waals surface area contributed by atoms with E-state index in [1.807, 2.05) is 42.5 Å². The van der Waals surface area contributed by atoms with Crippen LogP contribution in [0.4, 0.5) is 0 Å². The molecule has 0 aromatic heterocycles. The Morgan fingerprint density at radius 1 is 0.846 bits per heavy atom. The third-order valence-corrected chi connectivity index (χ3v) is 4.78. The van der Waals surface area contributed by atoms with Gasteiger partial charge in [0.25, 0.3) is 0 Å². The SMILES string of the molecule is CCCCCCCCCc1ccc(O)c(C(Cc2ccccc2)=NO)c1. The summed E-state index contributed by atoms with van der Waals surface area (Å²) in [6.07, 6.45) is 10.5. The molecule has 0 amide bonds. The van der Waals surface area contributed by atoms with E-state index in [0.717, 1.165) is 18.4 Å². The third kappa shape index (κ3) is 6.55. The summed E-state index contributed by atoms with van der Waals surface area (Å²) in [7, 11) is 0. The lowest BCUT2D eigenvalue weighted by molar-refractivity contribution is 0.318. The van der Waals surface area contributed by atoms with E-state index in [0.29, 0.717) is 17.7 Å². The van der Waals surface area contributed by atoms with E-state index in [2.05, 4.69) is 12.1 Å². The highest BCUT2D eigenvalue weighted by atomic mass is 16.4. The van der Waals surface area contributed by atoms with Gasteiger partial charge in [0.05, 0.1) is 5.71 Å². The van der Waals surface area contributed by atoms with E-state index in [1.165, 1.54) is 44.1 Å². The Morgan fingerprint density at radius 2 is 1.54 bits per heavy atom. The van der Waals surface area contributed by atoms with Crippen molar-refractivity contribution >= 4 is 5.71 Å². The number of benzene rings is 2. The summed E-state index contributed by atoms with van der Waals surface area (Å²) in [5.74, 6) is 0.164. The van der Waals surface area contributed by atoms with Crippen LogP contribution in [0.15, 0.2) is 53.7 Å². The van der Waals surface area contributed by atoms with Crippen molar-refractivity contribution in [3.05, 3.63) is 65.2 Å². The van der Waals surface area contributed by atoms with Crippen LogP contribution < -0.4 is 0 Å². The van der Waals surface area contributed by atoms with Gasteiger partial charge in [0.1, 0.15) is 5.75 Å². The number of aryl methyl sites for hydroxylation is 1. The highest BCUT2D eigenvalue weighted by Crippen LogP contribution is 2.22. The first-order valence-corrected chi connectivity index (χ1v) is 9.81. The monoisotopic (exact) mass is 353 g/mol. The molecule has 0 atom stereocenters. The van der Waals surface area contributed by atoms with Crippen LogP contribution in [0.1, 0.15) is 68.6 Å². The topological polar surface area (TPSA) is 52.8 Å². The molecule has 3 heteroatoms.